The minimum Gasteiger partial charge on any atom is -0.0805 e. The zero-order valence-electron chi connectivity index (χ0n) is 21.5. The molecule has 0 aliphatic heterocycles. The molecule has 0 amide bonds. The van der Waals surface area contributed by atoms with Crippen LogP contribution in [-0.4, -0.2) is 0 Å². The largest absolute Gasteiger partial charge is 0.0805 e. The minimum absolute atomic E-state index is 0.650. The van der Waals surface area contributed by atoms with Crippen molar-refractivity contribution in [3.8, 4) is 0 Å². The molecule has 2 unspecified atom stereocenters. The maximum absolute atomic E-state index is 2.48. The molecule has 2 atom stereocenters. The average Bonchev–Trinajstić information content (AvgIpc) is 3.40. The van der Waals surface area contributed by atoms with Gasteiger partial charge in [0.05, 0.1) is 0 Å². The summed E-state index contributed by atoms with van der Waals surface area (Å²) in [6.45, 7) is 4.51. The Morgan fingerprint density at radius 1 is 0.765 bits per heavy atom. The smallest absolute Gasteiger partial charge is 0.00445 e. The molecular weight excluding hydrogens is 408 g/mol. The summed E-state index contributed by atoms with van der Waals surface area (Å²) in [5.74, 6) is 1.37. The normalized spacial score (nSPS) is 20.5. The highest BCUT2D eigenvalue weighted by atomic mass is 14.1. The first-order chi connectivity index (χ1) is 16.7. The molecule has 0 heterocycles. The molecule has 0 spiro atoms. The van der Waals surface area contributed by atoms with Gasteiger partial charge in [-0.1, -0.05) is 141 Å². The van der Waals surface area contributed by atoms with E-state index in [9.17, 15) is 0 Å². The predicted molar refractivity (Wildman–Crippen MR) is 151 cm³/mol. The Hall–Kier alpha value is -2.60. The number of allylic oxidation sites excluding steroid dienone is 14. The van der Waals surface area contributed by atoms with Gasteiger partial charge in [0.15, 0.2) is 0 Å². The zero-order chi connectivity index (χ0) is 23.8. The lowest BCUT2D eigenvalue weighted by Gasteiger charge is -2.05. The van der Waals surface area contributed by atoms with Crippen LogP contribution in [0, 0.1) is 11.8 Å². The van der Waals surface area contributed by atoms with Crippen molar-refractivity contribution >= 4 is 0 Å². The molecule has 3 aliphatic carbocycles. The van der Waals surface area contributed by atoms with Gasteiger partial charge < -0.3 is 0 Å². The van der Waals surface area contributed by atoms with E-state index in [1.165, 1.54) is 68.9 Å². The monoisotopic (exact) mass is 452 g/mol. The summed E-state index contributed by atoms with van der Waals surface area (Å²) in [6, 6.07) is 10.7. The SMILES string of the molecule is CC1C=CC(CCCc2ccccc2)=C1.CCCCC1C=CC(CCCC2=CC=CC=CC2)=C1. The van der Waals surface area contributed by atoms with E-state index in [0.29, 0.717) is 5.92 Å². The Morgan fingerprint density at radius 3 is 2.29 bits per heavy atom. The molecule has 0 saturated heterocycles. The summed E-state index contributed by atoms with van der Waals surface area (Å²) in [5, 5.41) is 0. The van der Waals surface area contributed by atoms with E-state index in [2.05, 4.69) is 111 Å². The average molecular weight is 453 g/mol. The van der Waals surface area contributed by atoms with Gasteiger partial charge in [0.25, 0.3) is 0 Å². The Bertz CT molecular complexity index is 930. The number of hydrogen-bond donors (Lipinski definition) is 0. The fraction of sp³-hybridized carbons (Fsp3) is 0.412. The van der Waals surface area contributed by atoms with Crippen molar-refractivity contribution in [2.24, 2.45) is 11.8 Å². The van der Waals surface area contributed by atoms with Gasteiger partial charge in [-0.25, -0.2) is 0 Å². The molecule has 0 nitrogen and oxygen atoms in total. The maximum atomic E-state index is 2.48. The fourth-order valence-corrected chi connectivity index (χ4v) is 4.78. The molecule has 1 aromatic carbocycles. The van der Waals surface area contributed by atoms with Crippen molar-refractivity contribution in [3.05, 3.63) is 119 Å². The van der Waals surface area contributed by atoms with Crippen LogP contribution in [0.2, 0.25) is 0 Å². The van der Waals surface area contributed by atoms with Crippen molar-refractivity contribution in [1.29, 1.82) is 0 Å². The van der Waals surface area contributed by atoms with Crippen LogP contribution in [-0.2, 0) is 6.42 Å². The maximum Gasteiger partial charge on any atom is -0.00445 e. The van der Waals surface area contributed by atoms with Gasteiger partial charge in [-0.05, 0) is 68.8 Å². The Morgan fingerprint density at radius 2 is 1.53 bits per heavy atom. The standard InChI is InChI=1S/C19H26.C15H18/c1-2-3-9-18-14-15-19(16-18)13-8-12-17-10-6-4-5-7-11-17;1-13-10-11-15(12-13)9-5-8-14-6-3-2-4-7-14/h4-7,10,14-16,18H,2-3,8-9,11-13H2,1H3;2-4,6-7,10-13H,5,8-9H2,1H3. The minimum atomic E-state index is 0.650. The van der Waals surface area contributed by atoms with Crippen LogP contribution in [0.25, 0.3) is 0 Å². The summed E-state index contributed by atoms with van der Waals surface area (Å²) in [5.41, 5.74) is 6.09. The molecular formula is C34H44. The fourth-order valence-electron chi connectivity index (χ4n) is 4.78. The number of rotatable bonds is 11. The molecule has 0 radical (unpaired) electrons. The first kappa shape index (κ1) is 26.0. The van der Waals surface area contributed by atoms with Gasteiger partial charge in [-0.15, -0.1) is 0 Å². The quantitative estimate of drug-likeness (QED) is 0.313. The third-order valence-electron chi connectivity index (χ3n) is 6.77. The molecule has 34 heavy (non-hydrogen) atoms. The lowest BCUT2D eigenvalue weighted by Crippen LogP contribution is -1.88. The second-order valence-corrected chi connectivity index (χ2v) is 9.90. The molecule has 0 N–H and O–H groups in total. The van der Waals surface area contributed by atoms with Gasteiger partial charge in [0.2, 0.25) is 0 Å². The van der Waals surface area contributed by atoms with Crippen LogP contribution in [0.3, 0.4) is 0 Å². The molecule has 0 aromatic heterocycles. The van der Waals surface area contributed by atoms with Crippen LogP contribution in [0.5, 0.6) is 0 Å². The lowest BCUT2D eigenvalue weighted by atomic mass is 10.0. The van der Waals surface area contributed by atoms with Crippen LogP contribution in [0.1, 0.15) is 77.2 Å². The highest BCUT2D eigenvalue weighted by molar-refractivity contribution is 5.30. The molecule has 0 heteroatoms. The Labute approximate surface area is 209 Å². The van der Waals surface area contributed by atoms with Crippen LogP contribution in [0.15, 0.2) is 114 Å². The molecule has 0 bridgehead atoms. The van der Waals surface area contributed by atoms with Crippen molar-refractivity contribution in [2.45, 2.75) is 78.1 Å². The van der Waals surface area contributed by atoms with E-state index < -0.39 is 0 Å². The van der Waals surface area contributed by atoms with Gasteiger partial charge in [-0.3, -0.25) is 0 Å². The van der Waals surface area contributed by atoms with E-state index in [1.807, 2.05) is 0 Å². The topological polar surface area (TPSA) is 0 Å². The number of hydrogen-bond acceptors (Lipinski definition) is 0. The Kier molecular flexibility index (Phi) is 11.7. The number of benzene rings is 1. The summed E-state index contributed by atoms with van der Waals surface area (Å²) in [7, 11) is 0. The van der Waals surface area contributed by atoms with Crippen molar-refractivity contribution in [2.75, 3.05) is 0 Å². The second-order valence-electron chi connectivity index (χ2n) is 9.90. The van der Waals surface area contributed by atoms with E-state index >= 15 is 0 Å². The third-order valence-corrected chi connectivity index (χ3v) is 6.77. The molecule has 0 fully saturated rings. The Balaban J connectivity index is 0.000000196. The zero-order valence-corrected chi connectivity index (χ0v) is 21.5. The van der Waals surface area contributed by atoms with E-state index in [0.717, 1.165) is 12.3 Å². The van der Waals surface area contributed by atoms with E-state index in [1.54, 1.807) is 11.1 Å². The number of unbranched alkanes of at least 4 members (excludes halogenated alkanes) is 1. The van der Waals surface area contributed by atoms with Gasteiger partial charge in [-0.2, -0.15) is 0 Å². The van der Waals surface area contributed by atoms with Gasteiger partial charge in [0.1, 0.15) is 0 Å². The summed E-state index contributed by atoms with van der Waals surface area (Å²) in [6.07, 6.45) is 37.6. The molecule has 1 aromatic rings. The molecule has 4 rings (SSSR count). The second kappa shape index (κ2) is 15.3. The molecule has 180 valence electrons. The predicted octanol–water partition coefficient (Wildman–Crippen LogP) is 10.0. The van der Waals surface area contributed by atoms with E-state index in [4.69, 9.17) is 0 Å². The summed E-state index contributed by atoms with van der Waals surface area (Å²) < 4.78 is 0. The first-order valence-electron chi connectivity index (χ1n) is 13.6. The summed E-state index contributed by atoms with van der Waals surface area (Å²) in [4.78, 5) is 0. The summed E-state index contributed by atoms with van der Waals surface area (Å²) >= 11 is 0. The van der Waals surface area contributed by atoms with Gasteiger partial charge >= 0.3 is 0 Å². The van der Waals surface area contributed by atoms with Crippen molar-refractivity contribution < 1.29 is 0 Å². The van der Waals surface area contributed by atoms with Crippen LogP contribution >= 0.6 is 0 Å². The van der Waals surface area contributed by atoms with Crippen LogP contribution < -0.4 is 0 Å². The van der Waals surface area contributed by atoms with Crippen molar-refractivity contribution in [3.63, 3.8) is 0 Å². The van der Waals surface area contributed by atoms with Gasteiger partial charge in [0, 0.05) is 0 Å². The highest BCUT2D eigenvalue weighted by Crippen LogP contribution is 2.26. The lowest BCUT2D eigenvalue weighted by molar-refractivity contribution is 0.645. The highest BCUT2D eigenvalue weighted by Gasteiger charge is 2.09. The molecule has 0 saturated carbocycles. The third kappa shape index (κ3) is 10.1. The van der Waals surface area contributed by atoms with E-state index in [-0.39, 0.29) is 0 Å². The van der Waals surface area contributed by atoms with Crippen molar-refractivity contribution in [1.82, 2.24) is 0 Å². The van der Waals surface area contributed by atoms with Crippen LogP contribution in [0.4, 0.5) is 0 Å². The first-order valence-corrected chi connectivity index (χ1v) is 13.6. The number of aryl methyl sites for hydroxylation is 1. The molecule has 3 aliphatic rings.